The summed E-state index contributed by atoms with van der Waals surface area (Å²) in [4.78, 5) is 18.1. The third kappa shape index (κ3) is 24.0. The van der Waals surface area contributed by atoms with Gasteiger partial charge in [-0.2, -0.15) is 0 Å². The Morgan fingerprint density at radius 1 is 0.371 bits per heavy atom. The molecule has 0 bridgehead atoms. The Hall–Kier alpha value is -3.29. The number of hydrogen-bond acceptors (Lipinski definition) is 15. The minimum Gasteiger partial charge on any atom is -0.382 e. The van der Waals surface area contributed by atoms with E-state index >= 15 is 0 Å². The molecule has 2 aromatic rings. The summed E-state index contributed by atoms with van der Waals surface area (Å²) >= 11 is 0. The number of Topliss-reactive ketones (excluding diaryl/α,β-unsaturated/α-hetero) is 1. The summed E-state index contributed by atoms with van der Waals surface area (Å²) in [6.07, 6.45) is 5.44. The average molecular weight is 875 g/mol. The third-order valence-electron chi connectivity index (χ3n) is 9.68. The van der Waals surface area contributed by atoms with E-state index in [0.717, 1.165) is 33.6 Å². The van der Waals surface area contributed by atoms with Gasteiger partial charge in [0, 0.05) is 77.1 Å². The Bertz CT molecular complexity index is 1310. The topological polar surface area (TPSA) is 134 Å². The van der Waals surface area contributed by atoms with Crippen LogP contribution in [0.3, 0.4) is 0 Å². The number of allylic oxidation sites excluding steroid dienone is 2. The van der Waals surface area contributed by atoms with Gasteiger partial charge >= 0.3 is 0 Å². The normalized spacial score (nSPS) is 14.2. The molecule has 0 N–H and O–H groups in total. The fraction of sp³-hybridized carbons (Fsp3) is 0.638. The number of rotatable bonds is 40. The standard InChI is InChI=1S/C47H74N2O13/c1-51-23-27-59-35-31-55-19-15-48(16-20-56-32-36-60-28-24-52-2)45-11-5-41(6-12-45)39-43-9-10-44(47(43)50)40-42-7-13-46(14-8-42)49(17-21-57-33-37-61-29-25-53-3)18-22-58-34-38-62-30-26-54-4/h5-8,11-14,39-40H,9-10,15-38H2,1-4H3/b43-39-,44-40+. The van der Waals surface area contributed by atoms with Crippen LogP contribution in [0.25, 0.3) is 12.2 Å². The molecule has 0 aliphatic heterocycles. The van der Waals surface area contributed by atoms with Crippen LogP contribution >= 0.6 is 0 Å². The van der Waals surface area contributed by atoms with Crippen LogP contribution in [0, 0.1) is 0 Å². The molecule has 0 aromatic heterocycles. The molecule has 0 spiro atoms. The Morgan fingerprint density at radius 2 is 0.613 bits per heavy atom. The second-order valence-corrected chi connectivity index (χ2v) is 14.2. The molecule has 0 saturated heterocycles. The summed E-state index contributed by atoms with van der Waals surface area (Å²) in [6.45, 7) is 13.6. The van der Waals surface area contributed by atoms with E-state index in [9.17, 15) is 4.79 Å². The van der Waals surface area contributed by atoms with Crippen LogP contribution in [0.1, 0.15) is 24.0 Å². The summed E-state index contributed by atoms with van der Waals surface area (Å²) in [6, 6.07) is 16.6. The quantitative estimate of drug-likeness (QED) is 0.0667. The van der Waals surface area contributed by atoms with Crippen LogP contribution < -0.4 is 9.80 Å². The van der Waals surface area contributed by atoms with E-state index in [2.05, 4.69) is 58.3 Å². The molecule has 0 amide bonds. The number of nitrogens with zero attached hydrogens (tertiary/aromatic N) is 2. The van der Waals surface area contributed by atoms with Crippen molar-refractivity contribution in [2.24, 2.45) is 0 Å². The van der Waals surface area contributed by atoms with Crippen LogP contribution in [0.2, 0.25) is 0 Å². The van der Waals surface area contributed by atoms with Gasteiger partial charge in [-0.25, -0.2) is 0 Å². The molecule has 0 heterocycles. The first kappa shape index (κ1) is 53.1. The fourth-order valence-electron chi connectivity index (χ4n) is 6.24. The Morgan fingerprint density at radius 3 is 0.871 bits per heavy atom. The number of benzene rings is 2. The van der Waals surface area contributed by atoms with E-state index in [1.165, 1.54) is 0 Å². The molecule has 1 aliphatic carbocycles. The maximum absolute atomic E-state index is 13.6. The molecule has 2 aromatic carbocycles. The van der Waals surface area contributed by atoms with Crippen molar-refractivity contribution in [2.75, 3.05) is 197 Å². The molecule has 0 unspecified atom stereocenters. The molecule has 0 radical (unpaired) electrons. The predicted molar refractivity (Wildman–Crippen MR) is 242 cm³/mol. The highest BCUT2D eigenvalue weighted by Crippen LogP contribution is 2.30. The van der Waals surface area contributed by atoms with Gasteiger partial charge in [0.05, 0.1) is 132 Å². The first-order valence-electron chi connectivity index (χ1n) is 21.8. The predicted octanol–water partition coefficient (Wildman–Crippen LogP) is 4.85. The lowest BCUT2D eigenvalue weighted by Crippen LogP contribution is -2.31. The van der Waals surface area contributed by atoms with E-state index in [1.807, 2.05) is 12.2 Å². The van der Waals surface area contributed by atoms with Crippen molar-refractivity contribution in [1.82, 2.24) is 0 Å². The van der Waals surface area contributed by atoms with E-state index < -0.39 is 0 Å². The first-order chi connectivity index (χ1) is 30.6. The summed E-state index contributed by atoms with van der Waals surface area (Å²) in [5.74, 6) is 0.0970. The monoisotopic (exact) mass is 875 g/mol. The zero-order valence-corrected chi connectivity index (χ0v) is 37.9. The number of ether oxygens (including phenoxy) is 12. The van der Waals surface area contributed by atoms with Crippen LogP contribution in [0.5, 0.6) is 0 Å². The van der Waals surface area contributed by atoms with Crippen LogP contribution in [0.15, 0.2) is 59.7 Å². The fourth-order valence-corrected chi connectivity index (χ4v) is 6.24. The highest BCUT2D eigenvalue weighted by Gasteiger charge is 2.23. The van der Waals surface area contributed by atoms with E-state index in [1.54, 1.807) is 28.4 Å². The van der Waals surface area contributed by atoms with E-state index in [0.29, 0.717) is 171 Å². The largest absolute Gasteiger partial charge is 0.382 e. The zero-order valence-electron chi connectivity index (χ0n) is 37.9. The number of carbonyl (C=O) groups excluding carboxylic acids is 1. The SMILES string of the molecule is COCCOCCOCCN(CCOCCOCCOC)c1ccc(/C=C2/CC/C(=C\c3ccc(N(CCOCCOCCOC)CCOCCOCCOC)cc3)C2=O)cc1. The van der Waals surface area contributed by atoms with Gasteiger partial charge in [0.15, 0.2) is 5.78 Å². The van der Waals surface area contributed by atoms with Crippen molar-refractivity contribution in [1.29, 1.82) is 0 Å². The van der Waals surface area contributed by atoms with Crippen LogP contribution in [0.4, 0.5) is 11.4 Å². The lowest BCUT2D eigenvalue weighted by molar-refractivity contribution is -0.111. The molecule has 62 heavy (non-hydrogen) atoms. The van der Waals surface area contributed by atoms with Crippen molar-refractivity contribution in [2.45, 2.75) is 12.8 Å². The maximum atomic E-state index is 13.6. The first-order valence-corrected chi connectivity index (χ1v) is 21.8. The van der Waals surface area contributed by atoms with Crippen LogP contribution in [-0.4, -0.2) is 193 Å². The number of ketones is 1. The van der Waals surface area contributed by atoms with Gasteiger partial charge in [0.2, 0.25) is 0 Å². The molecule has 3 rings (SSSR count). The minimum absolute atomic E-state index is 0.0970. The molecule has 1 fully saturated rings. The van der Waals surface area contributed by atoms with Gasteiger partial charge in [0.1, 0.15) is 0 Å². The zero-order chi connectivity index (χ0) is 44.1. The number of methoxy groups -OCH3 is 4. The summed E-state index contributed by atoms with van der Waals surface area (Å²) in [5.41, 5.74) is 5.72. The lowest BCUT2D eigenvalue weighted by Gasteiger charge is -2.25. The Balaban J connectivity index is 1.56. The lowest BCUT2D eigenvalue weighted by atomic mass is 10.1. The average Bonchev–Trinajstić information content (AvgIpc) is 3.63. The number of anilines is 2. The molecular weight excluding hydrogens is 801 g/mol. The van der Waals surface area contributed by atoms with E-state index in [-0.39, 0.29) is 5.78 Å². The van der Waals surface area contributed by atoms with Gasteiger partial charge in [-0.1, -0.05) is 24.3 Å². The number of hydrogen-bond donors (Lipinski definition) is 0. The highest BCUT2D eigenvalue weighted by molar-refractivity contribution is 6.15. The summed E-state index contributed by atoms with van der Waals surface area (Å²) in [7, 11) is 6.62. The molecule has 0 atom stereocenters. The van der Waals surface area contributed by atoms with Crippen molar-refractivity contribution in [3.8, 4) is 0 Å². The maximum Gasteiger partial charge on any atom is 0.185 e. The van der Waals surface area contributed by atoms with Crippen molar-refractivity contribution < 1.29 is 61.6 Å². The Labute approximate surface area is 370 Å². The molecule has 350 valence electrons. The molecule has 15 nitrogen and oxygen atoms in total. The second kappa shape index (κ2) is 36.1. The number of carbonyl (C=O) groups is 1. The molecule has 15 heteroatoms. The third-order valence-corrected chi connectivity index (χ3v) is 9.68. The van der Waals surface area contributed by atoms with Gasteiger partial charge < -0.3 is 66.6 Å². The van der Waals surface area contributed by atoms with Gasteiger partial charge in [-0.05, 0) is 60.4 Å². The summed E-state index contributed by atoms with van der Waals surface area (Å²) < 4.78 is 65.5. The van der Waals surface area contributed by atoms with Crippen molar-refractivity contribution in [3.05, 3.63) is 70.8 Å². The highest BCUT2D eigenvalue weighted by atomic mass is 16.6. The van der Waals surface area contributed by atoms with Crippen molar-refractivity contribution in [3.63, 3.8) is 0 Å². The van der Waals surface area contributed by atoms with Gasteiger partial charge in [-0.15, -0.1) is 0 Å². The molecular formula is C47H74N2O13. The Kier molecular flexibility index (Phi) is 30.9. The second-order valence-electron chi connectivity index (χ2n) is 14.2. The van der Waals surface area contributed by atoms with Crippen molar-refractivity contribution >= 4 is 29.3 Å². The van der Waals surface area contributed by atoms with Gasteiger partial charge in [0.25, 0.3) is 0 Å². The van der Waals surface area contributed by atoms with Crippen LogP contribution in [-0.2, 0) is 61.6 Å². The minimum atomic E-state index is 0.0970. The van der Waals surface area contributed by atoms with Gasteiger partial charge in [-0.3, -0.25) is 4.79 Å². The van der Waals surface area contributed by atoms with E-state index in [4.69, 9.17) is 56.8 Å². The summed E-state index contributed by atoms with van der Waals surface area (Å²) in [5, 5.41) is 0. The molecule has 1 saturated carbocycles. The molecule has 1 aliphatic rings. The smallest absolute Gasteiger partial charge is 0.185 e.